The lowest BCUT2D eigenvalue weighted by molar-refractivity contribution is -0.0766. The second-order valence-corrected chi connectivity index (χ2v) is 12.4. The van der Waals surface area contributed by atoms with Crippen LogP contribution in [0.4, 0.5) is 11.4 Å². The third kappa shape index (κ3) is 4.24. The second kappa shape index (κ2) is 11.7. The Morgan fingerprint density at radius 2 is 0.783 bits per heavy atom. The van der Waals surface area contributed by atoms with Crippen molar-refractivity contribution in [3.8, 4) is 11.5 Å². The highest BCUT2D eigenvalue weighted by atomic mass is 16.3. The van der Waals surface area contributed by atoms with E-state index < -0.39 is 24.0 Å². The molecular formula is C40H42N2O4. The summed E-state index contributed by atoms with van der Waals surface area (Å²) in [5.41, 5.74) is 3.61. The summed E-state index contributed by atoms with van der Waals surface area (Å²) < 4.78 is 0. The number of anilines is 2. The number of phenols is 2. The quantitative estimate of drug-likeness (QED) is 0.130. The zero-order chi connectivity index (χ0) is 32.3. The molecule has 6 nitrogen and oxygen atoms in total. The Kier molecular flexibility index (Phi) is 7.66. The van der Waals surface area contributed by atoms with Crippen LogP contribution in [0.25, 0.3) is 43.1 Å². The Labute approximate surface area is 269 Å². The van der Waals surface area contributed by atoms with Crippen molar-refractivity contribution in [2.45, 2.75) is 51.7 Å². The smallest absolute Gasteiger partial charge is 0.123 e. The van der Waals surface area contributed by atoms with Crippen LogP contribution >= 0.6 is 0 Å². The van der Waals surface area contributed by atoms with Gasteiger partial charge in [-0.3, -0.25) is 0 Å². The van der Waals surface area contributed by atoms with E-state index >= 15 is 0 Å². The molecule has 4 N–H and O–H groups in total. The van der Waals surface area contributed by atoms with Gasteiger partial charge in [0.1, 0.15) is 11.5 Å². The van der Waals surface area contributed by atoms with Crippen molar-refractivity contribution in [3.63, 3.8) is 0 Å². The molecule has 0 heterocycles. The van der Waals surface area contributed by atoms with Gasteiger partial charge >= 0.3 is 0 Å². The van der Waals surface area contributed by atoms with Gasteiger partial charge in [0.2, 0.25) is 0 Å². The highest BCUT2D eigenvalue weighted by molar-refractivity contribution is 6.17. The largest absolute Gasteiger partial charge is 0.507 e. The number of rotatable bonds is 8. The van der Waals surface area contributed by atoms with Crippen molar-refractivity contribution in [2.75, 3.05) is 36.0 Å². The van der Waals surface area contributed by atoms with Gasteiger partial charge in [0.15, 0.2) is 0 Å². The number of aliphatic hydroxyl groups excluding tert-OH is 2. The van der Waals surface area contributed by atoms with Gasteiger partial charge < -0.3 is 30.2 Å². The zero-order valence-electron chi connectivity index (χ0n) is 26.9. The molecule has 0 unspecified atom stereocenters. The van der Waals surface area contributed by atoms with Crippen molar-refractivity contribution in [3.05, 3.63) is 96.1 Å². The summed E-state index contributed by atoms with van der Waals surface area (Å²) >= 11 is 0. The molecule has 7 rings (SSSR count). The molecule has 6 aromatic rings. The molecule has 1 aliphatic carbocycles. The number of aromatic hydroxyl groups is 2. The molecule has 0 spiro atoms. The van der Waals surface area contributed by atoms with E-state index in [-0.39, 0.29) is 11.5 Å². The molecule has 236 valence electrons. The summed E-state index contributed by atoms with van der Waals surface area (Å²) in [6, 6.07) is 27.4. The van der Waals surface area contributed by atoms with Crippen molar-refractivity contribution in [1.82, 2.24) is 0 Å². The summed E-state index contributed by atoms with van der Waals surface area (Å²) in [5.74, 6) is -1.05. The van der Waals surface area contributed by atoms with Crippen LogP contribution in [0.1, 0.15) is 50.7 Å². The topological polar surface area (TPSA) is 87.4 Å². The molecular weight excluding hydrogens is 572 g/mol. The van der Waals surface area contributed by atoms with Crippen LogP contribution < -0.4 is 9.80 Å². The lowest BCUT2D eigenvalue weighted by Crippen LogP contribution is -2.52. The van der Waals surface area contributed by atoms with E-state index in [4.69, 9.17) is 0 Å². The highest BCUT2D eigenvalue weighted by Gasteiger charge is 2.53. The van der Waals surface area contributed by atoms with E-state index in [0.29, 0.717) is 10.8 Å². The van der Waals surface area contributed by atoms with Gasteiger partial charge in [0.05, 0.1) is 23.6 Å². The Balaban J connectivity index is 1.49. The molecule has 6 aromatic carbocycles. The van der Waals surface area contributed by atoms with Crippen molar-refractivity contribution < 1.29 is 20.4 Å². The second-order valence-electron chi connectivity index (χ2n) is 12.4. The first kappa shape index (κ1) is 30.2. The maximum Gasteiger partial charge on any atom is 0.123 e. The number of aliphatic hydroxyl groups is 2. The summed E-state index contributed by atoms with van der Waals surface area (Å²) in [7, 11) is 0. The first-order valence-corrected chi connectivity index (χ1v) is 16.6. The van der Waals surface area contributed by atoms with E-state index in [0.717, 1.165) is 81.0 Å². The standard InChI is InChI=1S/C40H42N2O4/c1-5-41(6-2)37-25-17-11-9-15-23(25)33(31-27(37)19-13-21-29(31)43)35-39(45)36(40(35)46)34-24-16-10-12-18-26(24)38(42(7-3)8-4)28-20-14-22-30(44)32(28)34/h9-22,35-36,39-40,43-46H,5-8H2,1-4H3. The van der Waals surface area contributed by atoms with Gasteiger partial charge in [0, 0.05) is 70.3 Å². The van der Waals surface area contributed by atoms with E-state index in [1.165, 1.54) is 0 Å². The van der Waals surface area contributed by atoms with Crippen LogP contribution in [0.15, 0.2) is 84.9 Å². The average molecular weight is 615 g/mol. The number of hydrogen-bond acceptors (Lipinski definition) is 6. The third-order valence-electron chi connectivity index (χ3n) is 10.4. The van der Waals surface area contributed by atoms with Crippen LogP contribution in [0.5, 0.6) is 11.5 Å². The summed E-state index contributed by atoms with van der Waals surface area (Å²) in [4.78, 5) is 4.59. The molecule has 6 heteroatoms. The van der Waals surface area contributed by atoms with E-state index in [9.17, 15) is 20.4 Å². The zero-order valence-corrected chi connectivity index (χ0v) is 26.9. The maximum atomic E-state index is 12.3. The van der Waals surface area contributed by atoms with Crippen LogP contribution in [0.3, 0.4) is 0 Å². The van der Waals surface area contributed by atoms with Crippen LogP contribution in [0, 0.1) is 0 Å². The van der Waals surface area contributed by atoms with Gasteiger partial charge in [-0.2, -0.15) is 0 Å². The number of hydrogen-bond donors (Lipinski definition) is 4. The monoisotopic (exact) mass is 614 g/mol. The molecule has 0 saturated heterocycles. The van der Waals surface area contributed by atoms with Gasteiger partial charge in [-0.15, -0.1) is 0 Å². The number of phenolic OH excluding ortho intramolecular Hbond substituents is 2. The molecule has 0 atom stereocenters. The summed E-state index contributed by atoms with van der Waals surface area (Å²) in [5, 5.41) is 54.4. The van der Waals surface area contributed by atoms with Gasteiger partial charge in [-0.1, -0.05) is 72.8 Å². The summed E-state index contributed by atoms with van der Waals surface area (Å²) in [6.45, 7) is 11.7. The molecule has 0 bridgehead atoms. The Morgan fingerprint density at radius 1 is 0.457 bits per heavy atom. The summed E-state index contributed by atoms with van der Waals surface area (Å²) in [6.07, 6.45) is -1.93. The molecule has 1 fully saturated rings. The minimum atomic E-state index is -0.967. The van der Waals surface area contributed by atoms with Crippen LogP contribution in [0.2, 0.25) is 0 Å². The van der Waals surface area contributed by atoms with Gasteiger partial charge in [-0.25, -0.2) is 0 Å². The minimum absolute atomic E-state index is 0.131. The fraction of sp³-hybridized carbons (Fsp3) is 0.300. The Bertz CT molecular complexity index is 1940. The lowest BCUT2D eigenvalue weighted by atomic mass is 9.60. The fourth-order valence-corrected chi connectivity index (χ4v) is 8.29. The molecule has 0 aromatic heterocycles. The van der Waals surface area contributed by atoms with Crippen molar-refractivity contribution >= 4 is 54.5 Å². The first-order chi connectivity index (χ1) is 22.4. The van der Waals surface area contributed by atoms with E-state index in [1.807, 2.05) is 60.7 Å². The molecule has 46 heavy (non-hydrogen) atoms. The van der Waals surface area contributed by atoms with Crippen LogP contribution in [-0.2, 0) is 0 Å². The Morgan fingerprint density at radius 3 is 1.13 bits per heavy atom. The lowest BCUT2D eigenvalue weighted by Gasteiger charge is -2.48. The van der Waals surface area contributed by atoms with Gasteiger partial charge in [-0.05, 0) is 61.7 Å². The molecule has 0 aliphatic heterocycles. The van der Waals surface area contributed by atoms with Crippen molar-refractivity contribution in [2.24, 2.45) is 0 Å². The number of benzene rings is 6. The van der Waals surface area contributed by atoms with Crippen LogP contribution in [-0.4, -0.2) is 58.8 Å². The van der Waals surface area contributed by atoms with E-state index in [2.05, 4.69) is 49.6 Å². The predicted octanol–water partition coefficient (Wildman–Crippen LogP) is 8.01. The first-order valence-electron chi connectivity index (χ1n) is 16.6. The molecule has 1 saturated carbocycles. The third-order valence-corrected chi connectivity index (χ3v) is 10.4. The highest BCUT2D eigenvalue weighted by Crippen LogP contribution is 2.57. The minimum Gasteiger partial charge on any atom is -0.507 e. The van der Waals surface area contributed by atoms with E-state index in [1.54, 1.807) is 12.1 Å². The predicted molar refractivity (Wildman–Crippen MR) is 191 cm³/mol. The molecule has 1 aliphatic rings. The van der Waals surface area contributed by atoms with Crippen molar-refractivity contribution in [1.29, 1.82) is 0 Å². The van der Waals surface area contributed by atoms with Gasteiger partial charge in [0.25, 0.3) is 0 Å². The number of fused-ring (bicyclic) bond motifs is 4. The number of nitrogens with zero attached hydrogens (tertiary/aromatic N) is 2. The maximum absolute atomic E-state index is 12.3. The SMILES string of the molecule is CCN(CC)c1c2ccccc2c(C2C(O)C(c3c4ccccc4c(N(CC)CC)c4cccc(O)c34)C2O)c2c(O)cccc12. The average Bonchev–Trinajstić information content (AvgIpc) is 3.07. The molecule has 0 radical (unpaired) electrons. The normalized spacial score (nSPS) is 19.6. The Hall–Kier alpha value is -4.52. The fourth-order valence-electron chi connectivity index (χ4n) is 8.29. The molecule has 0 amide bonds.